The molecule has 1 atom stereocenters. The summed E-state index contributed by atoms with van der Waals surface area (Å²) < 4.78 is 1.69. The van der Waals surface area contributed by atoms with Gasteiger partial charge in [0.1, 0.15) is 5.52 Å². The first-order valence-corrected chi connectivity index (χ1v) is 4.87. The van der Waals surface area contributed by atoms with Crippen molar-refractivity contribution in [3.05, 3.63) is 17.8 Å². The van der Waals surface area contributed by atoms with E-state index < -0.39 is 0 Å². The van der Waals surface area contributed by atoms with Crippen LogP contribution in [0.1, 0.15) is 31.7 Å². The van der Waals surface area contributed by atoms with Crippen LogP contribution in [0, 0.1) is 0 Å². The van der Waals surface area contributed by atoms with Crippen LogP contribution in [0.25, 0.3) is 11.2 Å². The maximum atomic E-state index is 4.35. The molecule has 0 spiro atoms. The molecule has 1 unspecified atom stereocenters. The molecule has 2 aromatic rings. The zero-order valence-electron chi connectivity index (χ0n) is 8.73. The average Bonchev–Trinajstić information content (AvgIpc) is 2.59. The van der Waals surface area contributed by atoms with Crippen LogP contribution in [0.15, 0.2) is 12.3 Å². The highest BCUT2D eigenvalue weighted by Crippen LogP contribution is 2.20. The summed E-state index contributed by atoms with van der Waals surface area (Å²) in [6.07, 6.45) is 3.04. The molecule has 0 aromatic carbocycles. The Kier molecular flexibility index (Phi) is 2.19. The topological polar surface area (TPSA) is 43.6 Å². The predicted octanol–water partition coefficient (Wildman–Crippen LogP) is 1.88. The quantitative estimate of drug-likeness (QED) is 0.726. The Morgan fingerprint density at radius 1 is 1.50 bits per heavy atom. The molecule has 0 radical (unpaired) electrons. The van der Waals surface area contributed by atoms with Crippen molar-refractivity contribution in [2.24, 2.45) is 7.05 Å². The van der Waals surface area contributed by atoms with Gasteiger partial charge < -0.3 is 0 Å². The molecule has 0 fully saturated rings. The van der Waals surface area contributed by atoms with Crippen LogP contribution in [0.3, 0.4) is 0 Å². The maximum Gasteiger partial charge on any atom is 0.178 e. The number of hydrogen-bond donors (Lipinski definition) is 0. The summed E-state index contributed by atoms with van der Waals surface area (Å²) in [6, 6.07) is 2.07. The van der Waals surface area contributed by atoms with Crippen molar-refractivity contribution >= 4 is 11.2 Å². The molecule has 4 heteroatoms. The Morgan fingerprint density at radius 2 is 2.29 bits per heavy atom. The van der Waals surface area contributed by atoms with Crippen molar-refractivity contribution in [1.29, 1.82) is 0 Å². The highest BCUT2D eigenvalue weighted by atomic mass is 15.4. The van der Waals surface area contributed by atoms with Crippen molar-refractivity contribution in [1.82, 2.24) is 20.0 Å². The van der Waals surface area contributed by atoms with E-state index in [1.165, 1.54) is 5.56 Å². The second-order valence-electron chi connectivity index (χ2n) is 3.63. The molecule has 0 bridgehead atoms. The van der Waals surface area contributed by atoms with Gasteiger partial charge in [0.05, 0.1) is 0 Å². The molecule has 2 aromatic heterocycles. The Bertz CT molecular complexity index is 446. The van der Waals surface area contributed by atoms with E-state index in [-0.39, 0.29) is 0 Å². The molecular weight excluding hydrogens is 176 g/mol. The van der Waals surface area contributed by atoms with Crippen LogP contribution >= 0.6 is 0 Å². The van der Waals surface area contributed by atoms with E-state index in [1.54, 1.807) is 4.68 Å². The molecule has 74 valence electrons. The van der Waals surface area contributed by atoms with Crippen LogP contribution in [0.4, 0.5) is 0 Å². The molecule has 14 heavy (non-hydrogen) atoms. The number of hydrogen-bond acceptors (Lipinski definition) is 3. The van der Waals surface area contributed by atoms with Gasteiger partial charge in [0.2, 0.25) is 0 Å². The average molecular weight is 190 g/mol. The van der Waals surface area contributed by atoms with Gasteiger partial charge in [-0.15, -0.1) is 5.10 Å². The summed E-state index contributed by atoms with van der Waals surface area (Å²) in [6.45, 7) is 4.37. The molecule has 2 heterocycles. The van der Waals surface area contributed by atoms with E-state index in [4.69, 9.17) is 0 Å². The third kappa shape index (κ3) is 1.36. The minimum absolute atomic E-state index is 0.536. The van der Waals surface area contributed by atoms with Gasteiger partial charge in [-0.1, -0.05) is 19.1 Å². The summed E-state index contributed by atoms with van der Waals surface area (Å²) in [7, 11) is 1.85. The lowest BCUT2D eigenvalue weighted by molar-refractivity contribution is 0.725. The van der Waals surface area contributed by atoms with Crippen molar-refractivity contribution in [2.75, 3.05) is 0 Å². The fraction of sp³-hybridized carbons (Fsp3) is 0.500. The van der Waals surface area contributed by atoms with Crippen molar-refractivity contribution in [3.8, 4) is 0 Å². The lowest BCUT2D eigenvalue weighted by atomic mass is 10.0. The number of nitrogens with zero attached hydrogens (tertiary/aromatic N) is 4. The number of rotatable bonds is 2. The highest BCUT2D eigenvalue weighted by Gasteiger charge is 2.07. The second kappa shape index (κ2) is 3.36. The molecule has 0 amide bonds. The van der Waals surface area contributed by atoms with Gasteiger partial charge in [0.15, 0.2) is 5.65 Å². The van der Waals surface area contributed by atoms with E-state index in [1.807, 2.05) is 13.2 Å². The summed E-state index contributed by atoms with van der Waals surface area (Å²) in [4.78, 5) is 4.35. The molecule has 4 nitrogen and oxygen atoms in total. The fourth-order valence-electron chi connectivity index (χ4n) is 1.45. The Labute approximate surface area is 83.0 Å². The summed E-state index contributed by atoms with van der Waals surface area (Å²) >= 11 is 0. The third-order valence-electron chi connectivity index (χ3n) is 2.64. The molecule has 0 N–H and O–H groups in total. The smallest absolute Gasteiger partial charge is 0.178 e. The highest BCUT2D eigenvalue weighted by molar-refractivity contribution is 5.70. The number of aromatic nitrogens is 4. The normalized spacial score (nSPS) is 13.4. The maximum absolute atomic E-state index is 4.35. The Balaban J connectivity index is 2.52. The van der Waals surface area contributed by atoms with E-state index in [9.17, 15) is 0 Å². The molecule has 0 saturated heterocycles. The zero-order valence-corrected chi connectivity index (χ0v) is 8.73. The third-order valence-corrected chi connectivity index (χ3v) is 2.64. The van der Waals surface area contributed by atoms with Crippen molar-refractivity contribution < 1.29 is 0 Å². The molecular formula is C10H14N4. The SMILES string of the molecule is CCC(C)c1cnc2c(c1)nnn2C. The number of aryl methyl sites for hydroxylation is 1. The largest absolute Gasteiger partial charge is 0.235 e. The van der Waals surface area contributed by atoms with Gasteiger partial charge in [-0.25, -0.2) is 9.67 Å². The van der Waals surface area contributed by atoms with Crippen LogP contribution < -0.4 is 0 Å². The summed E-state index contributed by atoms with van der Waals surface area (Å²) in [5.41, 5.74) is 2.96. The molecule has 2 rings (SSSR count). The Morgan fingerprint density at radius 3 is 3.00 bits per heavy atom. The van der Waals surface area contributed by atoms with Crippen LogP contribution in [0.5, 0.6) is 0 Å². The standard InChI is InChI=1S/C10H14N4/c1-4-7(2)8-5-9-10(11-6-8)14(3)13-12-9/h5-7H,4H2,1-3H3. The molecule has 0 aliphatic heterocycles. The lowest BCUT2D eigenvalue weighted by Gasteiger charge is -2.06. The van der Waals surface area contributed by atoms with Crippen LogP contribution in [0.2, 0.25) is 0 Å². The van der Waals surface area contributed by atoms with Gasteiger partial charge in [-0.2, -0.15) is 0 Å². The first-order chi connectivity index (χ1) is 6.72. The van der Waals surface area contributed by atoms with Crippen LogP contribution in [-0.4, -0.2) is 20.0 Å². The monoisotopic (exact) mass is 190 g/mol. The predicted molar refractivity (Wildman–Crippen MR) is 55.0 cm³/mol. The van der Waals surface area contributed by atoms with E-state index >= 15 is 0 Å². The molecule has 0 saturated carbocycles. The summed E-state index contributed by atoms with van der Waals surface area (Å²) in [5.74, 6) is 0.536. The first kappa shape index (κ1) is 9.12. The second-order valence-corrected chi connectivity index (χ2v) is 3.63. The van der Waals surface area contributed by atoms with Gasteiger partial charge in [-0.05, 0) is 24.0 Å². The van der Waals surface area contributed by atoms with Crippen LogP contribution in [-0.2, 0) is 7.05 Å². The van der Waals surface area contributed by atoms with Gasteiger partial charge in [0.25, 0.3) is 0 Å². The first-order valence-electron chi connectivity index (χ1n) is 4.87. The van der Waals surface area contributed by atoms with Gasteiger partial charge in [0, 0.05) is 13.2 Å². The van der Waals surface area contributed by atoms with E-state index in [2.05, 4.69) is 35.2 Å². The summed E-state index contributed by atoms with van der Waals surface area (Å²) in [5, 5.41) is 7.97. The lowest BCUT2D eigenvalue weighted by Crippen LogP contribution is -1.95. The Hall–Kier alpha value is -1.45. The molecule has 0 aliphatic carbocycles. The van der Waals surface area contributed by atoms with Gasteiger partial charge >= 0.3 is 0 Å². The fourth-order valence-corrected chi connectivity index (χ4v) is 1.45. The number of fused-ring (bicyclic) bond motifs is 1. The van der Waals surface area contributed by atoms with E-state index in [0.717, 1.165) is 17.6 Å². The van der Waals surface area contributed by atoms with Crippen molar-refractivity contribution in [2.45, 2.75) is 26.2 Å². The zero-order chi connectivity index (χ0) is 10.1. The van der Waals surface area contributed by atoms with E-state index in [0.29, 0.717) is 5.92 Å². The molecule has 0 aliphatic rings. The van der Waals surface area contributed by atoms with Gasteiger partial charge in [-0.3, -0.25) is 0 Å². The minimum Gasteiger partial charge on any atom is -0.235 e. The van der Waals surface area contributed by atoms with Crippen molar-refractivity contribution in [3.63, 3.8) is 0 Å². The minimum atomic E-state index is 0.536. The number of pyridine rings is 1.